The summed E-state index contributed by atoms with van der Waals surface area (Å²) >= 11 is 8.35. The lowest BCUT2D eigenvalue weighted by molar-refractivity contribution is 0.0922. The van der Waals surface area contributed by atoms with Crippen LogP contribution in [0.25, 0.3) is 0 Å². The summed E-state index contributed by atoms with van der Waals surface area (Å²) in [5, 5.41) is 16.3. The topological polar surface area (TPSA) is 74.2 Å². The number of carbonyl (C=O) groups is 1. The van der Waals surface area contributed by atoms with Crippen LogP contribution in [0, 0.1) is 0 Å². The zero-order valence-electron chi connectivity index (χ0n) is 11.0. The van der Waals surface area contributed by atoms with Gasteiger partial charge in [-0.05, 0) is 12.1 Å². The van der Waals surface area contributed by atoms with Crippen molar-refractivity contribution in [2.24, 2.45) is 0 Å². The van der Waals surface area contributed by atoms with Crippen LogP contribution in [0.5, 0.6) is 0 Å². The molecule has 5 nitrogen and oxygen atoms in total. The van der Waals surface area contributed by atoms with Crippen molar-refractivity contribution in [2.75, 3.05) is 18.4 Å². The van der Waals surface area contributed by atoms with Crippen LogP contribution in [0.2, 0.25) is 4.34 Å². The van der Waals surface area contributed by atoms with Crippen LogP contribution >= 0.6 is 34.3 Å². The molecule has 8 heteroatoms. The van der Waals surface area contributed by atoms with Crippen molar-refractivity contribution < 1.29 is 9.90 Å². The third-order valence-electron chi connectivity index (χ3n) is 2.51. The van der Waals surface area contributed by atoms with Crippen molar-refractivity contribution in [3.8, 4) is 0 Å². The predicted octanol–water partition coefficient (Wildman–Crippen LogP) is 2.92. The molecule has 0 fully saturated rings. The molecule has 1 unspecified atom stereocenters. The van der Waals surface area contributed by atoms with Gasteiger partial charge in [-0.25, -0.2) is 4.98 Å². The van der Waals surface area contributed by atoms with E-state index >= 15 is 0 Å². The van der Waals surface area contributed by atoms with Gasteiger partial charge in [0.25, 0.3) is 5.91 Å². The Hall–Kier alpha value is -1.41. The van der Waals surface area contributed by atoms with Crippen LogP contribution in [0.15, 0.2) is 31.0 Å². The number of thiazole rings is 1. The number of rotatable bonds is 7. The fourth-order valence-electron chi connectivity index (χ4n) is 1.50. The molecule has 2 aromatic heterocycles. The van der Waals surface area contributed by atoms with Crippen molar-refractivity contribution in [3.63, 3.8) is 0 Å². The number of hydrogen-bond donors (Lipinski definition) is 3. The average molecular weight is 344 g/mol. The molecule has 0 radical (unpaired) electrons. The summed E-state index contributed by atoms with van der Waals surface area (Å²) in [4.78, 5) is 17.2. The largest absolute Gasteiger partial charge is 0.386 e. The summed E-state index contributed by atoms with van der Waals surface area (Å²) in [5.74, 6) is -0.263. The molecule has 112 valence electrons. The maximum absolute atomic E-state index is 12.0. The Morgan fingerprint density at radius 3 is 3.00 bits per heavy atom. The minimum atomic E-state index is -0.766. The SMILES string of the molecule is C=CCNc1ncc(C(=O)NCC(O)c2ccc(Cl)s2)s1. The smallest absolute Gasteiger partial charge is 0.263 e. The normalized spacial score (nSPS) is 11.9. The van der Waals surface area contributed by atoms with E-state index in [1.807, 2.05) is 0 Å². The first-order chi connectivity index (χ1) is 10.1. The van der Waals surface area contributed by atoms with E-state index in [9.17, 15) is 9.90 Å². The molecule has 0 aromatic carbocycles. The maximum atomic E-state index is 12.0. The van der Waals surface area contributed by atoms with E-state index in [4.69, 9.17) is 11.6 Å². The summed E-state index contributed by atoms with van der Waals surface area (Å²) in [6, 6.07) is 3.46. The maximum Gasteiger partial charge on any atom is 0.263 e. The van der Waals surface area contributed by atoms with Crippen LogP contribution in [-0.2, 0) is 0 Å². The highest BCUT2D eigenvalue weighted by Gasteiger charge is 2.14. The molecule has 0 aliphatic carbocycles. The van der Waals surface area contributed by atoms with Gasteiger partial charge in [0.2, 0.25) is 0 Å². The highest BCUT2D eigenvalue weighted by atomic mass is 35.5. The van der Waals surface area contributed by atoms with Gasteiger partial charge in [0.05, 0.1) is 10.5 Å². The molecule has 0 aliphatic heterocycles. The van der Waals surface area contributed by atoms with Gasteiger partial charge >= 0.3 is 0 Å². The zero-order valence-corrected chi connectivity index (χ0v) is 13.4. The van der Waals surface area contributed by atoms with Gasteiger partial charge in [0, 0.05) is 18.0 Å². The number of aliphatic hydroxyl groups is 1. The monoisotopic (exact) mass is 343 g/mol. The Kier molecular flexibility index (Phi) is 5.75. The highest BCUT2D eigenvalue weighted by molar-refractivity contribution is 7.17. The zero-order chi connectivity index (χ0) is 15.2. The average Bonchev–Trinajstić information content (AvgIpc) is 3.11. The molecular formula is C13H14ClN3O2S2. The summed E-state index contributed by atoms with van der Waals surface area (Å²) < 4.78 is 0.607. The van der Waals surface area contributed by atoms with E-state index in [0.29, 0.717) is 20.9 Å². The molecule has 0 aliphatic rings. The third-order valence-corrected chi connectivity index (χ3v) is 4.79. The number of thiophene rings is 1. The van der Waals surface area contributed by atoms with Gasteiger partial charge in [0.1, 0.15) is 11.0 Å². The van der Waals surface area contributed by atoms with Gasteiger partial charge in [-0.15, -0.1) is 17.9 Å². The molecule has 1 atom stereocenters. The Morgan fingerprint density at radius 2 is 2.33 bits per heavy atom. The van der Waals surface area contributed by atoms with Crippen LogP contribution in [-0.4, -0.2) is 29.1 Å². The lowest BCUT2D eigenvalue weighted by Crippen LogP contribution is -2.27. The lowest BCUT2D eigenvalue weighted by atomic mass is 10.3. The van der Waals surface area contributed by atoms with E-state index in [1.165, 1.54) is 28.9 Å². The Morgan fingerprint density at radius 1 is 1.52 bits per heavy atom. The van der Waals surface area contributed by atoms with E-state index in [1.54, 1.807) is 18.2 Å². The fourth-order valence-corrected chi connectivity index (χ4v) is 3.29. The van der Waals surface area contributed by atoms with Gasteiger partial charge in [-0.3, -0.25) is 4.79 Å². The second-order valence-corrected chi connectivity index (χ2v) is 6.84. The molecule has 0 spiro atoms. The molecule has 2 aromatic rings. The number of nitrogens with zero attached hydrogens (tertiary/aromatic N) is 1. The molecule has 2 rings (SSSR count). The molecule has 0 saturated carbocycles. The highest BCUT2D eigenvalue weighted by Crippen LogP contribution is 2.26. The van der Waals surface area contributed by atoms with Crippen LogP contribution in [0.4, 0.5) is 5.13 Å². The molecule has 0 saturated heterocycles. The first-order valence-corrected chi connectivity index (χ1v) is 8.13. The number of nitrogens with one attached hydrogen (secondary N) is 2. The molecule has 21 heavy (non-hydrogen) atoms. The number of anilines is 1. The van der Waals surface area contributed by atoms with E-state index in [2.05, 4.69) is 22.2 Å². The summed E-state index contributed by atoms with van der Waals surface area (Å²) in [7, 11) is 0. The minimum Gasteiger partial charge on any atom is -0.386 e. The fraction of sp³-hybridized carbons (Fsp3) is 0.231. The van der Waals surface area contributed by atoms with Gasteiger partial charge in [-0.1, -0.05) is 29.0 Å². The number of halogens is 1. The standard InChI is InChI=1S/C13H14ClN3O2S2/c1-2-5-15-13-17-7-10(21-13)12(19)16-6-8(18)9-3-4-11(14)20-9/h2-4,7-8,18H,1,5-6H2,(H,15,17)(H,16,19). The molecular weight excluding hydrogens is 330 g/mol. The second kappa shape index (κ2) is 7.56. The third kappa shape index (κ3) is 4.53. The lowest BCUT2D eigenvalue weighted by Gasteiger charge is -2.09. The van der Waals surface area contributed by atoms with Crippen LogP contribution < -0.4 is 10.6 Å². The number of aliphatic hydroxyl groups excluding tert-OH is 1. The molecule has 2 heterocycles. The van der Waals surface area contributed by atoms with Crippen molar-refractivity contribution in [1.29, 1.82) is 0 Å². The number of hydrogen-bond acceptors (Lipinski definition) is 6. The summed E-state index contributed by atoms with van der Waals surface area (Å²) in [6.07, 6.45) is 2.45. The molecule has 0 bridgehead atoms. The van der Waals surface area contributed by atoms with Gasteiger partial charge in [0.15, 0.2) is 5.13 Å². The summed E-state index contributed by atoms with van der Waals surface area (Å²) in [6.45, 7) is 4.31. The van der Waals surface area contributed by atoms with Gasteiger partial charge < -0.3 is 15.7 Å². The first-order valence-electron chi connectivity index (χ1n) is 6.12. The molecule has 3 N–H and O–H groups in total. The first kappa shape index (κ1) is 16.0. The predicted molar refractivity (Wildman–Crippen MR) is 87.4 cm³/mol. The molecule has 1 amide bonds. The Bertz CT molecular complexity index is 626. The van der Waals surface area contributed by atoms with E-state index in [-0.39, 0.29) is 12.5 Å². The van der Waals surface area contributed by atoms with Crippen molar-refractivity contribution in [1.82, 2.24) is 10.3 Å². The van der Waals surface area contributed by atoms with Crippen LogP contribution in [0.3, 0.4) is 0 Å². The quantitative estimate of drug-likeness (QED) is 0.676. The second-order valence-electron chi connectivity index (χ2n) is 4.07. The number of amides is 1. The van der Waals surface area contributed by atoms with Crippen molar-refractivity contribution >= 4 is 45.3 Å². The number of carbonyl (C=O) groups excluding carboxylic acids is 1. The Labute approximate surface area is 135 Å². The number of aromatic nitrogens is 1. The van der Waals surface area contributed by atoms with E-state index < -0.39 is 6.10 Å². The van der Waals surface area contributed by atoms with Crippen molar-refractivity contribution in [2.45, 2.75) is 6.10 Å². The van der Waals surface area contributed by atoms with Crippen LogP contribution in [0.1, 0.15) is 20.7 Å². The van der Waals surface area contributed by atoms with Gasteiger partial charge in [-0.2, -0.15) is 0 Å². The van der Waals surface area contributed by atoms with Crippen molar-refractivity contribution in [3.05, 3.63) is 45.1 Å². The summed E-state index contributed by atoms with van der Waals surface area (Å²) in [5.41, 5.74) is 0. The minimum absolute atomic E-state index is 0.128. The van der Waals surface area contributed by atoms with E-state index in [0.717, 1.165) is 4.88 Å². The Balaban J connectivity index is 1.86.